The normalized spacial score (nSPS) is 16.1. The first-order valence-electron chi connectivity index (χ1n) is 10.3. The van der Waals surface area contributed by atoms with Crippen molar-refractivity contribution in [1.82, 2.24) is 9.47 Å². The molecule has 0 spiro atoms. The first-order valence-corrected chi connectivity index (χ1v) is 10.3. The number of aryl methyl sites for hydroxylation is 1. The van der Waals surface area contributed by atoms with E-state index in [2.05, 4.69) is 9.88 Å². The molecule has 162 valence electrons. The molecule has 0 aliphatic carbocycles. The van der Waals surface area contributed by atoms with Gasteiger partial charge < -0.3 is 19.4 Å². The van der Waals surface area contributed by atoms with Crippen LogP contribution in [-0.4, -0.2) is 61.1 Å². The number of carbonyl (C=O) groups excluding carboxylic acids is 2. The number of ketones is 1. The average Bonchev–Trinajstić information content (AvgIpc) is 3.32. The van der Waals surface area contributed by atoms with Crippen molar-refractivity contribution in [2.75, 3.05) is 39.2 Å². The number of anilines is 1. The Balaban J connectivity index is 1.55. The van der Waals surface area contributed by atoms with Gasteiger partial charge in [-0.15, -0.1) is 0 Å². The number of Topliss-reactive ketones (excluding diaryl/α,β-unsaturated/α-hetero) is 1. The number of rotatable bonds is 9. The molecule has 1 aromatic carbocycles. The Labute approximate surface area is 178 Å². The molecule has 30 heavy (non-hydrogen) atoms. The molecule has 2 aromatic rings. The van der Waals surface area contributed by atoms with Gasteiger partial charge in [-0.3, -0.25) is 14.5 Å². The summed E-state index contributed by atoms with van der Waals surface area (Å²) in [4.78, 5) is 26.9. The van der Waals surface area contributed by atoms with Crippen LogP contribution >= 0.6 is 0 Å². The maximum absolute atomic E-state index is 12.9. The van der Waals surface area contributed by atoms with E-state index in [9.17, 15) is 9.59 Å². The minimum atomic E-state index is -0.167. The highest BCUT2D eigenvalue weighted by molar-refractivity contribution is 5.99. The molecule has 2 heterocycles. The second-order valence-corrected chi connectivity index (χ2v) is 7.90. The van der Waals surface area contributed by atoms with Crippen molar-refractivity contribution < 1.29 is 19.1 Å². The van der Waals surface area contributed by atoms with E-state index in [0.717, 1.165) is 43.1 Å². The number of hydrogen-bond donors (Lipinski definition) is 1. The second-order valence-electron chi connectivity index (χ2n) is 7.90. The molecule has 1 amide bonds. The first kappa shape index (κ1) is 22.1. The molecule has 0 radical (unpaired) electrons. The highest BCUT2D eigenvalue weighted by atomic mass is 16.5. The Morgan fingerprint density at radius 1 is 1.23 bits per heavy atom. The minimum Gasteiger partial charge on any atom is -0.497 e. The standard InChI is InChI=1S/C23H31N3O4/c1-16-12-21(17(2)26(16)13-20-6-5-11-30-20)22(27)14-25(3)15-23(28)24-18-7-9-19(29-4)10-8-18/h7-10,12,20H,5-6,11,13-15H2,1-4H3,(H,24,28)/t20-/m0/s1. The average molecular weight is 414 g/mol. The third-order valence-corrected chi connectivity index (χ3v) is 5.49. The quantitative estimate of drug-likeness (QED) is 0.640. The molecule has 0 saturated carbocycles. The zero-order chi connectivity index (χ0) is 21.7. The third-order valence-electron chi connectivity index (χ3n) is 5.49. The maximum atomic E-state index is 12.9. The highest BCUT2D eigenvalue weighted by Crippen LogP contribution is 2.21. The summed E-state index contributed by atoms with van der Waals surface area (Å²) in [5.74, 6) is 0.577. The van der Waals surface area contributed by atoms with Crippen molar-refractivity contribution in [3.63, 3.8) is 0 Å². The van der Waals surface area contributed by atoms with Crippen LogP contribution in [0, 0.1) is 13.8 Å². The van der Waals surface area contributed by atoms with E-state index < -0.39 is 0 Å². The monoisotopic (exact) mass is 413 g/mol. The predicted molar refractivity (Wildman–Crippen MR) is 116 cm³/mol. The molecule has 1 aliphatic rings. The zero-order valence-electron chi connectivity index (χ0n) is 18.2. The lowest BCUT2D eigenvalue weighted by Gasteiger charge is -2.16. The van der Waals surface area contributed by atoms with Crippen molar-refractivity contribution in [2.45, 2.75) is 39.3 Å². The Hall–Kier alpha value is -2.64. The smallest absolute Gasteiger partial charge is 0.238 e. The molecule has 1 N–H and O–H groups in total. The summed E-state index contributed by atoms with van der Waals surface area (Å²) in [6, 6.07) is 9.08. The van der Waals surface area contributed by atoms with Crippen LogP contribution in [0.2, 0.25) is 0 Å². The maximum Gasteiger partial charge on any atom is 0.238 e. The minimum absolute atomic E-state index is 0.0152. The van der Waals surface area contributed by atoms with E-state index in [1.54, 1.807) is 43.3 Å². The summed E-state index contributed by atoms with van der Waals surface area (Å²) in [5, 5.41) is 2.84. The number of hydrogen-bond acceptors (Lipinski definition) is 5. The van der Waals surface area contributed by atoms with E-state index in [1.807, 2.05) is 19.9 Å². The summed E-state index contributed by atoms with van der Waals surface area (Å²) in [7, 11) is 3.37. The fourth-order valence-electron chi connectivity index (χ4n) is 3.86. The summed E-state index contributed by atoms with van der Waals surface area (Å²) in [6.07, 6.45) is 2.38. The summed E-state index contributed by atoms with van der Waals surface area (Å²) in [5.41, 5.74) is 3.43. The second kappa shape index (κ2) is 9.91. The van der Waals surface area contributed by atoms with Gasteiger partial charge in [0, 0.05) is 35.8 Å². The van der Waals surface area contributed by atoms with Crippen molar-refractivity contribution >= 4 is 17.4 Å². The van der Waals surface area contributed by atoms with Crippen LogP contribution in [0.25, 0.3) is 0 Å². The van der Waals surface area contributed by atoms with E-state index in [1.165, 1.54) is 0 Å². The molecule has 7 heteroatoms. The van der Waals surface area contributed by atoms with Gasteiger partial charge in [0.2, 0.25) is 5.91 Å². The lowest BCUT2D eigenvalue weighted by atomic mass is 10.1. The SMILES string of the molecule is COc1ccc(NC(=O)CN(C)CC(=O)c2cc(C)n(C[C@@H]3CCCO3)c2C)cc1. The van der Waals surface area contributed by atoms with Crippen molar-refractivity contribution in [1.29, 1.82) is 0 Å². The summed E-state index contributed by atoms with van der Waals surface area (Å²) >= 11 is 0. The molecule has 0 unspecified atom stereocenters. The molecule has 1 fully saturated rings. The molecule has 1 atom stereocenters. The molecule has 0 bridgehead atoms. The van der Waals surface area contributed by atoms with Crippen LogP contribution in [-0.2, 0) is 16.1 Å². The number of aromatic nitrogens is 1. The van der Waals surface area contributed by atoms with Crippen LogP contribution < -0.4 is 10.1 Å². The van der Waals surface area contributed by atoms with Gasteiger partial charge in [-0.05, 0) is 64.1 Å². The highest BCUT2D eigenvalue weighted by Gasteiger charge is 2.22. The van der Waals surface area contributed by atoms with Crippen LogP contribution in [0.15, 0.2) is 30.3 Å². The van der Waals surface area contributed by atoms with Gasteiger partial charge in [-0.25, -0.2) is 0 Å². The number of nitrogens with one attached hydrogen (secondary N) is 1. The largest absolute Gasteiger partial charge is 0.497 e. The number of nitrogens with zero attached hydrogens (tertiary/aromatic N) is 2. The van der Waals surface area contributed by atoms with E-state index >= 15 is 0 Å². The number of benzene rings is 1. The summed E-state index contributed by atoms with van der Waals surface area (Å²) < 4.78 is 13.0. The molecule has 1 aromatic heterocycles. The molecular weight excluding hydrogens is 382 g/mol. The van der Waals surface area contributed by atoms with Gasteiger partial charge in [-0.1, -0.05) is 0 Å². The van der Waals surface area contributed by atoms with Crippen LogP contribution in [0.3, 0.4) is 0 Å². The molecule has 3 rings (SSSR count). The number of methoxy groups -OCH3 is 1. The fourth-order valence-corrected chi connectivity index (χ4v) is 3.86. The number of ether oxygens (including phenoxy) is 2. The Morgan fingerprint density at radius 3 is 2.60 bits per heavy atom. The van der Waals surface area contributed by atoms with E-state index in [-0.39, 0.29) is 30.9 Å². The Kier molecular flexibility index (Phi) is 7.29. The lowest BCUT2D eigenvalue weighted by molar-refractivity contribution is -0.116. The number of amides is 1. The van der Waals surface area contributed by atoms with E-state index in [0.29, 0.717) is 11.3 Å². The Morgan fingerprint density at radius 2 is 1.97 bits per heavy atom. The lowest BCUT2D eigenvalue weighted by Crippen LogP contribution is -2.34. The predicted octanol–water partition coefficient (Wildman–Crippen LogP) is 3.05. The van der Waals surface area contributed by atoms with Gasteiger partial charge in [-0.2, -0.15) is 0 Å². The Bertz CT molecular complexity index is 883. The zero-order valence-corrected chi connectivity index (χ0v) is 18.2. The van der Waals surface area contributed by atoms with Crippen LogP contribution in [0.4, 0.5) is 5.69 Å². The van der Waals surface area contributed by atoms with Crippen LogP contribution in [0.1, 0.15) is 34.6 Å². The van der Waals surface area contributed by atoms with Gasteiger partial charge in [0.05, 0.1) is 26.3 Å². The number of likely N-dealkylation sites (N-methyl/N-ethyl adjacent to an activating group) is 1. The van der Waals surface area contributed by atoms with Crippen molar-refractivity contribution in [3.8, 4) is 5.75 Å². The molecular formula is C23H31N3O4. The van der Waals surface area contributed by atoms with Crippen LogP contribution in [0.5, 0.6) is 5.75 Å². The molecule has 1 aliphatic heterocycles. The van der Waals surface area contributed by atoms with E-state index in [4.69, 9.17) is 9.47 Å². The van der Waals surface area contributed by atoms with Gasteiger partial charge in [0.25, 0.3) is 0 Å². The third kappa shape index (κ3) is 5.49. The van der Waals surface area contributed by atoms with Crippen molar-refractivity contribution in [2.24, 2.45) is 0 Å². The number of carbonyl (C=O) groups is 2. The van der Waals surface area contributed by atoms with Gasteiger partial charge in [0.1, 0.15) is 5.75 Å². The van der Waals surface area contributed by atoms with Gasteiger partial charge in [0.15, 0.2) is 5.78 Å². The first-order chi connectivity index (χ1) is 14.4. The van der Waals surface area contributed by atoms with Crippen molar-refractivity contribution in [3.05, 3.63) is 47.3 Å². The summed E-state index contributed by atoms with van der Waals surface area (Å²) in [6.45, 7) is 5.91. The fraction of sp³-hybridized carbons (Fsp3) is 0.478. The molecule has 1 saturated heterocycles. The topological polar surface area (TPSA) is 72.8 Å². The molecule has 7 nitrogen and oxygen atoms in total. The van der Waals surface area contributed by atoms with Gasteiger partial charge >= 0.3 is 0 Å².